The number of carbonyl (C=O) groups excluding carboxylic acids is 1. The SMILES string of the molecule is COc1ccccc1OC(C)C(=O)Nc1ccccc1OCc1ccccc1. The molecule has 0 radical (unpaired) electrons. The smallest absolute Gasteiger partial charge is 0.265 e. The summed E-state index contributed by atoms with van der Waals surface area (Å²) in [6.45, 7) is 2.11. The van der Waals surface area contributed by atoms with E-state index in [4.69, 9.17) is 14.2 Å². The number of amides is 1. The van der Waals surface area contributed by atoms with Crippen molar-refractivity contribution in [3.8, 4) is 17.2 Å². The molecular weight excluding hydrogens is 354 g/mol. The van der Waals surface area contributed by atoms with Gasteiger partial charge in [0, 0.05) is 0 Å². The molecule has 3 aromatic rings. The molecule has 0 fully saturated rings. The summed E-state index contributed by atoms with van der Waals surface area (Å²) in [6.07, 6.45) is -0.710. The highest BCUT2D eigenvalue weighted by atomic mass is 16.5. The van der Waals surface area contributed by atoms with E-state index in [0.717, 1.165) is 5.56 Å². The molecular formula is C23H23NO4. The predicted octanol–water partition coefficient (Wildman–Crippen LogP) is 4.68. The zero-order valence-electron chi connectivity index (χ0n) is 15.9. The van der Waals surface area contributed by atoms with E-state index < -0.39 is 6.10 Å². The van der Waals surface area contributed by atoms with E-state index in [2.05, 4.69) is 5.32 Å². The number of nitrogens with one attached hydrogen (secondary N) is 1. The molecule has 144 valence electrons. The van der Waals surface area contributed by atoms with Crippen LogP contribution < -0.4 is 19.5 Å². The molecule has 0 aliphatic rings. The second kappa shape index (κ2) is 9.46. The summed E-state index contributed by atoms with van der Waals surface area (Å²) in [4.78, 5) is 12.6. The Morgan fingerprint density at radius 3 is 2.18 bits per heavy atom. The highest BCUT2D eigenvalue weighted by Crippen LogP contribution is 2.28. The number of methoxy groups -OCH3 is 1. The third kappa shape index (κ3) is 5.04. The van der Waals surface area contributed by atoms with Crippen LogP contribution >= 0.6 is 0 Å². The zero-order valence-corrected chi connectivity index (χ0v) is 15.9. The molecule has 0 aliphatic heterocycles. The molecule has 1 N–H and O–H groups in total. The fourth-order valence-corrected chi connectivity index (χ4v) is 2.63. The van der Waals surface area contributed by atoms with Gasteiger partial charge in [-0.2, -0.15) is 0 Å². The van der Waals surface area contributed by atoms with Crippen molar-refractivity contribution in [2.45, 2.75) is 19.6 Å². The first-order chi connectivity index (χ1) is 13.7. The molecule has 1 atom stereocenters. The highest BCUT2D eigenvalue weighted by Gasteiger charge is 2.18. The third-order valence-electron chi connectivity index (χ3n) is 4.12. The van der Waals surface area contributed by atoms with Crippen molar-refractivity contribution in [3.63, 3.8) is 0 Å². The minimum atomic E-state index is -0.710. The number of hydrogen-bond acceptors (Lipinski definition) is 4. The second-order valence-electron chi connectivity index (χ2n) is 6.17. The zero-order chi connectivity index (χ0) is 19.8. The van der Waals surface area contributed by atoms with Crippen LogP contribution in [0.2, 0.25) is 0 Å². The molecule has 1 unspecified atom stereocenters. The molecule has 0 aromatic heterocycles. The Morgan fingerprint density at radius 1 is 0.857 bits per heavy atom. The fourth-order valence-electron chi connectivity index (χ4n) is 2.63. The molecule has 3 aromatic carbocycles. The van der Waals surface area contributed by atoms with Gasteiger partial charge in [0.15, 0.2) is 17.6 Å². The number of ether oxygens (including phenoxy) is 3. The van der Waals surface area contributed by atoms with Crippen LogP contribution in [-0.4, -0.2) is 19.1 Å². The number of rotatable bonds is 8. The molecule has 0 saturated heterocycles. The van der Waals surface area contributed by atoms with Gasteiger partial charge in [-0.3, -0.25) is 4.79 Å². The van der Waals surface area contributed by atoms with Crippen molar-refractivity contribution >= 4 is 11.6 Å². The summed E-state index contributed by atoms with van der Waals surface area (Å²) >= 11 is 0. The van der Waals surface area contributed by atoms with Gasteiger partial charge in [-0.05, 0) is 36.8 Å². The Labute approximate surface area is 164 Å². The van der Waals surface area contributed by atoms with Crippen molar-refractivity contribution in [3.05, 3.63) is 84.4 Å². The van der Waals surface area contributed by atoms with E-state index in [1.807, 2.05) is 60.7 Å². The van der Waals surface area contributed by atoms with E-state index in [1.54, 1.807) is 32.2 Å². The molecule has 0 aliphatic carbocycles. The molecule has 0 bridgehead atoms. The molecule has 5 nitrogen and oxygen atoms in total. The van der Waals surface area contributed by atoms with Crippen molar-refractivity contribution in [1.82, 2.24) is 0 Å². The van der Waals surface area contributed by atoms with Crippen molar-refractivity contribution in [2.24, 2.45) is 0 Å². The summed E-state index contributed by atoms with van der Waals surface area (Å²) in [6, 6.07) is 24.4. The number of carbonyl (C=O) groups is 1. The Kier molecular flexibility index (Phi) is 6.52. The lowest BCUT2D eigenvalue weighted by molar-refractivity contribution is -0.122. The monoisotopic (exact) mass is 377 g/mol. The summed E-state index contributed by atoms with van der Waals surface area (Å²) in [5.41, 5.74) is 1.65. The Hall–Kier alpha value is -3.47. The lowest BCUT2D eigenvalue weighted by Crippen LogP contribution is -2.30. The van der Waals surface area contributed by atoms with Gasteiger partial charge in [0.1, 0.15) is 12.4 Å². The first-order valence-corrected chi connectivity index (χ1v) is 9.03. The van der Waals surface area contributed by atoms with Crippen molar-refractivity contribution in [1.29, 1.82) is 0 Å². The molecule has 0 heterocycles. The van der Waals surface area contributed by atoms with Crippen molar-refractivity contribution < 1.29 is 19.0 Å². The average Bonchev–Trinajstić information content (AvgIpc) is 2.74. The first kappa shape index (κ1) is 19.3. The van der Waals surface area contributed by atoms with Gasteiger partial charge in [0.05, 0.1) is 12.8 Å². The lowest BCUT2D eigenvalue weighted by Gasteiger charge is -2.18. The maximum atomic E-state index is 12.6. The maximum Gasteiger partial charge on any atom is 0.265 e. The standard InChI is InChI=1S/C23H23NO4/c1-17(28-22-15-9-8-14-21(22)26-2)23(25)24-19-12-6-7-13-20(19)27-16-18-10-4-3-5-11-18/h3-15,17H,16H2,1-2H3,(H,24,25). The largest absolute Gasteiger partial charge is 0.493 e. The second-order valence-corrected chi connectivity index (χ2v) is 6.17. The van der Waals surface area contributed by atoms with E-state index in [0.29, 0.717) is 29.5 Å². The number of benzene rings is 3. The van der Waals surface area contributed by atoms with Crippen LogP contribution in [0.1, 0.15) is 12.5 Å². The van der Waals surface area contributed by atoms with Gasteiger partial charge < -0.3 is 19.5 Å². The van der Waals surface area contributed by atoms with Crippen LogP contribution in [0, 0.1) is 0 Å². The third-order valence-corrected chi connectivity index (χ3v) is 4.12. The number of hydrogen-bond donors (Lipinski definition) is 1. The number of para-hydroxylation sites is 4. The van der Waals surface area contributed by atoms with Gasteiger partial charge in [-0.1, -0.05) is 54.6 Å². The van der Waals surface area contributed by atoms with Gasteiger partial charge in [-0.25, -0.2) is 0 Å². The van der Waals surface area contributed by atoms with Crippen LogP contribution in [0.15, 0.2) is 78.9 Å². The molecule has 0 spiro atoms. The van der Waals surface area contributed by atoms with Gasteiger partial charge >= 0.3 is 0 Å². The quantitative estimate of drug-likeness (QED) is 0.619. The Bertz CT molecular complexity index is 911. The Morgan fingerprint density at radius 2 is 1.46 bits per heavy atom. The van der Waals surface area contributed by atoms with E-state index in [9.17, 15) is 4.79 Å². The van der Waals surface area contributed by atoms with E-state index in [-0.39, 0.29) is 5.91 Å². The summed E-state index contributed by atoms with van der Waals surface area (Å²) in [5.74, 6) is 1.42. The normalized spacial score (nSPS) is 11.4. The minimum Gasteiger partial charge on any atom is -0.493 e. The summed E-state index contributed by atoms with van der Waals surface area (Å²) < 4.78 is 16.9. The van der Waals surface area contributed by atoms with Crippen LogP contribution in [0.5, 0.6) is 17.2 Å². The van der Waals surface area contributed by atoms with Crippen LogP contribution in [-0.2, 0) is 11.4 Å². The highest BCUT2D eigenvalue weighted by molar-refractivity contribution is 5.95. The average molecular weight is 377 g/mol. The fraction of sp³-hybridized carbons (Fsp3) is 0.174. The summed E-state index contributed by atoms with van der Waals surface area (Å²) in [5, 5.41) is 2.87. The molecule has 3 rings (SSSR count). The van der Waals surface area contributed by atoms with E-state index in [1.165, 1.54) is 0 Å². The molecule has 5 heteroatoms. The van der Waals surface area contributed by atoms with Gasteiger partial charge in [0.2, 0.25) is 0 Å². The predicted molar refractivity (Wildman–Crippen MR) is 109 cm³/mol. The van der Waals surface area contributed by atoms with Crippen LogP contribution in [0.25, 0.3) is 0 Å². The van der Waals surface area contributed by atoms with Crippen molar-refractivity contribution in [2.75, 3.05) is 12.4 Å². The minimum absolute atomic E-state index is 0.276. The molecule has 1 amide bonds. The Balaban J connectivity index is 1.65. The van der Waals surface area contributed by atoms with Crippen LogP contribution in [0.4, 0.5) is 5.69 Å². The lowest BCUT2D eigenvalue weighted by atomic mass is 10.2. The van der Waals surface area contributed by atoms with E-state index >= 15 is 0 Å². The van der Waals surface area contributed by atoms with Gasteiger partial charge in [0.25, 0.3) is 5.91 Å². The molecule has 0 saturated carbocycles. The first-order valence-electron chi connectivity index (χ1n) is 9.03. The number of anilines is 1. The summed E-state index contributed by atoms with van der Waals surface area (Å²) in [7, 11) is 1.56. The topological polar surface area (TPSA) is 56.8 Å². The van der Waals surface area contributed by atoms with Gasteiger partial charge in [-0.15, -0.1) is 0 Å². The van der Waals surface area contributed by atoms with Crippen LogP contribution in [0.3, 0.4) is 0 Å². The maximum absolute atomic E-state index is 12.6. The molecule has 28 heavy (non-hydrogen) atoms.